The SMILES string of the molecule is CCC=NC(NC(=O)C1=CCC=CCC=C=C1)(C(C)(F)F)C(C)(F)CC. The molecular formula is C20H27F3N2O. The molecule has 0 spiro atoms. The minimum atomic E-state index is -3.62. The second-order valence-corrected chi connectivity index (χ2v) is 6.44. The molecule has 1 aliphatic carbocycles. The van der Waals surface area contributed by atoms with E-state index in [1.165, 1.54) is 19.2 Å². The molecule has 0 radical (unpaired) electrons. The van der Waals surface area contributed by atoms with Gasteiger partial charge in [-0.25, -0.2) is 13.2 Å². The lowest BCUT2D eigenvalue weighted by Gasteiger charge is -2.44. The molecule has 144 valence electrons. The van der Waals surface area contributed by atoms with Gasteiger partial charge in [-0.1, -0.05) is 32.1 Å². The van der Waals surface area contributed by atoms with Crippen molar-refractivity contribution < 1.29 is 18.0 Å². The van der Waals surface area contributed by atoms with Gasteiger partial charge < -0.3 is 5.32 Å². The molecule has 26 heavy (non-hydrogen) atoms. The maximum absolute atomic E-state index is 15.2. The maximum Gasteiger partial charge on any atom is 0.291 e. The zero-order valence-electron chi connectivity index (χ0n) is 15.8. The Bertz CT molecular complexity index is 650. The molecule has 2 unspecified atom stereocenters. The maximum atomic E-state index is 15.2. The van der Waals surface area contributed by atoms with Crippen LogP contribution in [0.4, 0.5) is 13.2 Å². The van der Waals surface area contributed by atoms with E-state index in [4.69, 9.17) is 0 Å². The molecule has 0 fully saturated rings. The van der Waals surface area contributed by atoms with Gasteiger partial charge in [-0.3, -0.25) is 9.79 Å². The summed E-state index contributed by atoms with van der Waals surface area (Å²) in [5, 5.41) is 2.20. The van der Waals surface area contributed by atoms with Crippen molar-refractivity contribution in [3.05, 3.63) is 41.7 Å². The molecule has 3 nitrogen and oxygen atoms in total. The number of hydrogen-bond acceptors (Lipinski definition) is 2. The molecule has 1 N–H and O–H groups in total. The summed E-state index contributed by atoms with van der Waals surface area (Å²) in [6.45, 7) is 4.75. The average molecular weight is 368 g/mol. The van der Waals surface area contributed by atoms with Crippen molar-refractivity contribution in [2.45, 2.75) is 70.6 Å². The van der Waals surface area contributed by atoms with Crippen LogP contribution >= 0.6 is 0 Å². The van der Waals surface area contributed by atoms with Crippen LogP contribution < -0.4 is 5.32 Å². The fourth-order valence-electron chi connectivity index (χ4n) is 2.59. The van der Waals surface area contributed by atoms with E-state index in [0.29, 0.717) is 26.2 Å². The van der Waals surface area contributed by atoms with Crippen molar-refractivity contribution in [1.82, 2.24) is 5.32 Å². The Balaban J connectivity index is 3.39. The normalized spacial score (nSPS) is 19.9. The molecule has 0 aromatic rings. The van der Waals surface area contributed by atoms with Gasteiger partial charge in [0.2, 0.25) is 5.66 Å². The van der Waals surface area contributed by atoms with Gasteiger partial charge >= 0.3 is 0 Å². The molecule has 0 saturated carbocycles. The Morgan fingerprint density at radius 2 is 1.92 bits per heavy atom. The monoisotopic (exact) mass is 368 g/mol. The quantitative estimate of drug-likeness (QED) is 0.381. The Morgan fingerprint density at radius 3 is 2.50 bits per heavy atom. The summed E-state index contributed by atoms with van der Waals surface area (Å²) in [5.41, 5.74) is -2.19. The van der Waals surface area contributed by atoms with E-state index in [-0.39, 0.29) is 12.0 Å². The summed E-state index contributed by atoms with van der Waals surface area (Å²) in [6, 6.07) is 0. The van der Waals surface area contributed by atoms with Crippen LogP contribution in [-0.4, -0.2) is 29.4 Å². The third-order valence-corrected chi connectivity index (χ3v) is 4.33. The number of alkyl halides is 3. The lowest BCUT2D eigenvalue weighted by atomic mass is 9.83. The van der Waals surface area contributed by atoms with E-state index in [1.807, 2.05) is 12.2 Å². The van der Waals surface area contributed by atoms with Crippen molar-refractivity contribution >= 4 is 12.1 Å². The summed E-state index contributed by atoms with van der Waals surface area (Å²) in [7, 11) is 0. The fraction of sp³-hybridized carbons (Fsp3) is 0.550. The number of amides is 1. The van der Waals surface area contributed by atoms with Crippen molar-refractivity contribution in [2.75, 3.05) is 0 Å². The Labute approximate surface area is 153 Å². The number of hydrogen-bond donors (Lipinski definition) is 1. The minimum Gasteiger partial charge on any atom is -0.320 e. The minimum absolute atomic E-state index is 0.139. The van der Waals surface area contributed by atoms with E-state index in [2.05, 4.69) is 16.0 Å². The fourth-order valence-corrected chi connectivity index (χ4v) is 2.59. The molecular weight excluding hydrogens is 341 g/mol. The second-order valence-electron chi connectivity index (χ2n) is 6.44. The van der Waals surface area contributed by atoms with Gasteiger partial charge in [0, 0.05) is 18.7 Å². The predicted molar refractivity (Wildman–Crippen MR) is 99.2 cm³/mol. The molecule has 0 aromatic carbocycles. The van der Waals surface area contributed by atoms with Crippen LogP contribution in [-0.2, 0) is 4.79 Å². The number of aliphatic imine (C=N–C) groups is 1. The highest BCUT2D eigenvalue weighted by Crippen LogP contribution is 2.43. The van der Waals surface area contributed by atoms with Gasteiger partial charge in [0.05, 0.1) is 0 Å². The molecule has 6 heteroatoms. The predicted octanol–water partition coefficient (Wildman–Crippen LogP) is 5.06. The summed E-state index contributed by atoms with van der Waals surface area (Å²) in [5.74, 6) is -4.43. The lowest BCUT2D eigenvalue weighted by Crippen LogP contribution is -2.68. The van der Waals surface area contributed by atoms with Crippen molar-refractivity contribution in [2.24, 2.45) is 4.99 Å². The van der Waals surface area contributed by atoms with E-state index in [0.717, 1.165) is 6.92 Å². The molecule has 0 heterocycles. The topological polar surface area (TPSA) is 41.5 Å². The first-order valence-electron chi connectivity index (χ1n) is 8.80. The first-order valence-corrected chi connectivity index (χ1v) is 8.80. The van der Waals surface area contributed by atoms with Gasteiger partial charge in [0.15, 0.2) is 5.67 Å². The average Bonchev–Trinajstić information content (AvgIpc) is 2.70. The molecule has 1 amide bonds. The first-order chi connectivity index (χ1) is 12.1. The third kappa shape index (κ3) is 4.98. The van der Waals surface area contributed by atoms with Gasteiger partial charge in [-0.2, -0.15) is 0 Å². The molecule has 0 bridgehead atoms. The third-order valence-electron chi connectivity index (χ3n) is 4.33. The van der Waals surface area contributed by atoms with E-state index < -0.39 is 23.2 Å². The van der Waals surface area contributed by atoms with Gasteiger partial charge in [-0.15, -0.1) is 5.73 Å². The van der Waals surface area contributed by atoms with Crippen LogP contribution in [0.1, 0.15) is 53.4 Å². The van der Waals surface area contributed by atoms with Crippen LogP contribution in [0, 0.1) is 0 Å². The standard InChI is InChI=1S/C20H27F3N2O/c1-5-15-24-20(19(4,22)23,18(3,21)6-2)25-17(26)16-13-11-9-7-8-10-12-14-16/h7,9-10,13-15H,5-6,8,11H2,1-4H3,(H,25,26). The van der Waals surface area contributed by atoms with Crippen LogP contribution in [0.25, 0.3) is 0 Å². The summed E-state index contributed by atoms with van der Waals surface area (Å²) in [4.78, 5) is 16.5. The van der Waals surface area contributed by atoms with Crippen molar-refractivity contribution in [1.29, 1.82) is 0 Å². The van der Waals surface area contributed by atoms with Crippen LogP contribution in [0.2, 0.25) is 0 Å². The van der Waals surface area contributed by atoms with E-state index in [9.17, 15) is 13.6 Å². The molecule has 1 rings (SSSR count). The summed E-state index contributed by atoms with van der Waals surface area (Å²) in [6.07, 6.45) is 10.9. The highest BCUT2D eigenvalue weighted by atomic mass is 19.3. The smallest absolute Gasteiger partial charge is 0.291 e. The molecule has 1 aliphatic rings. The van der Waals surface area contributed by atoms with E-state index >= 15 is 4.39 Å². The second kappa shape index (κ2) is 9.04. The van der Waals surface area contributed by atoms with Gasteiger partial charge in [0.25, 0.3) is 11.8 Å². The largest absolute Gasteiger partial charge is 0.320 e. The van der Waals surface area contributed by atoms with Gasteiger partial charge in [0.1, 0.15) is 0 Å². The van der Waals surface area contributed by atoms with Crippen LogP contribution in [0.5, 0.6) is 0 Å². The van der Waals surface area contributed by atoms with Crippen LogP contribution in [0.3, 0.4) is 0 Å². The number of rotatable bonds is 7. The number of carbonyl (C=O) groups excluding carboxylic acids is 1. The van der Waals surface area contributed by atoms with Gasteiger partial charge in [-0.05, 0) is 44.8 Å². The molecule has 2 atom stereocenters. The number of nitrogens with zero attached hydrogens (tertiary/aromatic N) is 1. The summed E-state index contributed by atoms with van der Waals surface area (Å²) < 4.78 is 44.3. The first kappa shape index (κ1) is 22.0. The molecule has 0 aromatic heterocycles. The van der Waals surface area contributed by atoms with Crippen molar-refractivity contribution in [3.8, 4) is 0 Å². The van der Waals surface area contributed by atoms with Crippen molar-refractivity contribution in [3.63, 3.8) is 0 Å². The molecule has 0 aliphatic heterocycles. The highest BCUT2D eigenvalue weighted by Gasteiger charge is 2.63. The Hall–Kier alpha value is -2.07. The summed E-state index contributed by atoms with van der Waals surface area (Å²) >= 11 is 0. The zero-order chi connectivity index (χ0) is 19.8. The number of carbonyl (C=O) groups is 1. The van der Waals surface area contributed by atoms with E-state index in [1.54, 1.807) is 19.1 Å². The lowest BCUT2D eigenvalue weighted by molar-refractivity contribution is -0.150. The highest BCUT2D eigenvalue weighted by molar-refractivity contribution is 5.97. The van der Waals surface area contributed by atoms with Crippen LogP contribution in [0.15, 0.2) is 46.7 Å². The number of allylic oxidation sites excluding steroid dienone is 3. The number of nitrogens with one attached hydrogen (secondary N) is 1. The Kier molecular flexibility index (Phi) is 7.64. The zero-order valence-corrected chi connectivity index (χ0v) is 15.8. The number of halogens is 3. The molecule has 0 saturated heterocycles. The Morgan fingerprint density at radius 1 is 1.27 bits per heavy atom.